The number of carbonyl (C=O) groups excluding carboxylic acids is 2. The zero-order valence-electron chi connectivity index (χ0n) is 35.2. The predicted molar refractivity (Wildman–Crippen MR) is 218 cm³/mol. The summed E-state index contributed by atoms with van der Waals surface area (Å²) in [6.45, 7) is 0.812. The van der Waals surface area contributed by atoms with Crippen molar-refractivity contribution in [2.75, 3.05) is 19.8 Å². The van der Waals surface area contributed by atoms with Crippen LogP contribution in [0.4, 0.5) is 0 Å². The smallest absolute Gasteiger partial charge is 0.338 e. The molecule has 7 N–H and O–H groups in total. The Morgan fingerprint density at radius 2 is 1.47 bits per heavy atom. The number of fused-ring (bicyclic) bond motifs is 1. The fraction of sp³-hybridized carbons (Fsp3) is 0.711. The van der Waals surface area contributed by atoms with Crippen molar-refractivity contribution in [1.82, 2.24) is 5.32 Å². The van der Waals surface area contributed by atoms with Crippen LogP contribution in [-0.4, -0.2) is 154 Å². The molecule has 7 rings (SSSR count). The van der Waals surface area contributed by atoms with E-state index in [0.29, 0.717) is 0 Å². The van der Waals surface area contributed by atoms with Crippen molar-refractivity contribution in [2.24, 2.45) is 11.8 Å². The van der Waals surface area contributed by atoms with E-state index in [0.717, 1.165) is 75.0 Å². The lowest BCUT2D eigenvalue weighted by Gasteiger charge is -2.47. The van der Waals surface area contributed by atoms with Crippen molar-refractivity contribution in [3.63, 3.8) is 0 Å². The molecule has 0 spiro atoms. The second kappa shape index (κ2) is 21.6. The van der Waals surface area contributed by atoms with Gasteiger partial charge in [0, 0.05) is 19.1 Å². The Labute approximate surface area is 360 Å². The van der Waals surface area contributed by atoms with E-state index < -0.39 is 104 Å². The number of carbonyl (C=O) groups is 3. The predicted octanol–water partition coefficient (Wildman–Crippen LogP) is 2.34. The molecule has 2 aromatic rings. The van der Waals surface area contributed by atoms with Gasteiger partial charge in [-0.2, -0.15) is 0 Å². The third kappa shape index (κ3) is 11.1. The van der Waals surface area contributed by atoms with Crippen molar-refractivity contribution in [1.29, 1.82) is 0 Å². The number of rotatable bonds is 15. The van der Waals surface area contributed by atoms with Crippen molar-refractivity contribution in [3.05, 3.63) is 48.0 Å². The number of hydrogen-bond donors (Lipinski definition) is 7. The van der Waals surface area contributed by atoms with Crippen LogP contribution in [0.25, 0.3) is 10.8 Å². The molecule has 62 heavy (non-hydrogen) atoms. The molecule has 3 aliphatic heterocycles. The van der Waals surface area contributed by atoms with Gasteiger partial charge in [0.1, 0.15) is 48.8 Å². The minimum absolute atomic E-state index is 0.0412. The fourth-order valence-electron chi connectivity index (χ4n) is 9.56. The standard InChI is InChI=1S/C45H63NO16/c1-24-34(48)36(50)37(51)44(57-24)62-38-30(18-19-56-32(38)22-46-41(52)27-13-6-3-7-14-27)59-45-40(61-43(55)29-17-16-26-12-8-9-15-28(26)21-29)39(35(49)33(23-47)60-45)58-31(42(53)54)20-25-10-4-2-5-11-25/h8-9,12,15-17,21,24-25,27,30-40,44-45,47-51H,2-7,10-11,13-14,18-20,22-23H2,1H3,(H,46,52)(H,53,54)/t24-,30+,31-,32+,33+,34+,35-,36+,37-,38-,39-,40+,44-,45+/m0/s1. The van der Waals surface area contributed by atoms with E-state index >= 15 is 0 Å². The summed E-state index contributed by atoms with van der Waals surface area (Å²) in [5.41, 5.74) is 0.149. The molecule has 2 aromatic carbocycles. The van der Waals surface area contributed by atoms with E-state index in [1.807, 2.05) is 24.3 Å². The fourth-order valence-corrected chi connectivity index (χ4v) is 9.56. The summed E-state index contributed by atoms with van der Waals surface area (Å²) < 4.78 is 43.6. The number of hydrogen-bond acceptors (Lipinski definition) is 15. The number of ether oxygens (including phenoxy) is 7. The van der Waals surface area contributed by atoms with Gasteiger partial charge in [-0.3, -0.25) is 4.79 Å². The van der Waals surface area contributed by atoms with Gasteiger partial charge in [0.05, 0.1) is 24.4 Å². The third-order valence-electron chi connectivity index (χ3n) is 13.2. The average Bonchev–Trinajstić information content (AvgIpc) is 3.29. The quantitative estimate of drug-likeness (QED) is 0.127. The first-order chi connectivity index (χ1) is 29.9. The van der Waals surface area contributed by atoms with Gasteiger partial charge in [0.15, 0.2) is 24.8 Å². The van der Waals surface area contributed by atoms with Crippen LogP contribution in [-0.2, 0) is 42.7 Å². The van der Waals surface area contributed by atoms with E-state index in [-0.39, 0.29) is 49.3 Å². The van der Waals surface area contributed by atoms with Crippen molar-refractivity contribution >= 4 is 28.6 Å². The first-order valence-electron chi connectivity index (χ1n) is 22.3. The molecule has 5 aliphatic rings. The number of aliphatic hydroxyl groups excluding tert-OH is 5. The highest BCUT2D eigenvalue weighted by atomic mass is 16.8. The van der Waals surface area contributed by atoms with E-state index in [1.165, 1.54) is 6.92 Å². The molecule has 0 bridgehead atoms. The summed E-state index contributed by atoms with van der Waals surface area (Å²) in [6.07, 6.45) is -10.3. The maximum absolute atomic E-state index is 14.1. The first-order valence-corrected chi connectivity index (χ1v) is 22.3. The van der Waals surface area contributed by atoms with Gasteiger partial charge in [0.2, 0.25) is 5.91 Å². The van der Waals surface area contributed by atoms with Gasteiger partial charge in [-0.15, -0.1) is 0 Å². The Bertz CT molecular complexity index is 1790. The molecule has 2 aliphatic carbocycles. The third-order valence-corrected chi connectivity index (χ3v) is 13.2. The zero-order chi connectivity index (χ0) is 43.9. The maximum atomic E-state index is 14.1. The van der Waals surface area contributed by atoms with Crippen LogP contribution in [0.2, 0.25) is 0 Å². The molecule has 344 valence electrons. The summed E-state index contributed by atoms with van der Waals surface area (Å²) in [5.74, 6) is -2.37. The lowest BCUT2D eigenvalue weighted by Crippen LogP contribution is -2.65. The average molecular weight is 874 g/mol. The summed E-state index contributed by atoms with van der Waals surface area (Å²) in [5, 5.41) is 69.3. The normalized spacial score (nSPS) is 35.5. The molecule has 0 unspecified atom stereocenters. The van der Waals surface area contributed by atoms with Crippen molar-refractivity contribution in [3.8, 4) is 0 Å². The van der Waals surface area contributed by atoms with Gasteiger partial charge in [-0.1, -0.05) is 81.7 Å². The summed E-state index contributed by atoms with van der Waals surface area (Å²) in [7, 11) is 0. The SMILES string of the molecule is C[C@@H]1O[C@@H](O[C@@H]2[C@@H](CNC(=O)C3CCCCC3)OCC[C@H]2O[C@@H]2O[C@H](CO)[C@H](O)[C@H](O[C@@H](CC3CCCCC3)C(=O)O)[C@H]2OC(=O)c2ccc3ccccc3c2)[C@@H](O)[C@H](O)[C@@H]1O. The first kappa shape index (κ1) is 46.7. The minimum atomic E-state index is -1.70. The van der Waals surface area contributed by atoms with Gasteiger partial charge in [-0.05, 0) is 61.4 Å². The lowest BCUT2D eigenvalue weighted by atomic mass is 9.85. The molecule has 0 aromatic heterocycles. The van der Waals surface area contributed by atoms with Crippen LogP contribution in [0.1, 0.15) is 94.3 Å². The molecule has 14 atom stereocenters. The highest BCUT2D eigenvalue weighted by Gasteiger charge is 2.53. The number of aliphatic carboxylic acids is 1. The number of carboxylic acid groups (broad SMARTS) is 1. The lowest BCUT2D eigenvalue weighted by molar-refractivity contribution is -0.354. The highest BCUT2D eigenvalue weighted by Crippen LogP contribution is 2.36. The second-order valence-corrected chi connectivity index (χ2v) is 17.5. The molecule has 2 saturated carbocycles. The molecular weight excluding hydrogens is 810 g/mol. The summed E-state index contributed by atoms with van der Waals surface area (Å²) in [4.78, 5) is 40.2. The number of carboxylic acids is 1. The second-order valence-electron chi connectivity index (χ2n) is 17.5. The van der Waals surface area contributed by atoms with Crippen LogP contribution < -0.4 is 5.32 Å². The van der Waals surface area contributed by atoms with Gasteiger partial charge < -0.3 is 69.1 Å². The van der Waals surface area contributed by atoms with Gasteiger partial charge in [0.25, 0.3) is 0 Å². The van der Waals surface area contributed by atoms with Crippen LogP contribution in [0.5, 0.6) is 0 Å². The Morgan fingerprint density at radius 3 is 2.18 bits per heavy atom. The Hall–Kier alpha value is -3.33. The van der Waals surface area contributed by atoms with Crippen LogP contribution >= 0.6 is 0 Å². The molecule has 3 saturated heterocycles. The van der Waals surface area contributed by atoms with Crippen molar-refractivity contribution in [2.45, 2.75) is 170 Å². The van der Waals surface area contributed by atoms with Crippen LogP contribution in [0, 0.1) is 11.8 Å². The highest BCUT2D eigenvalue weighted by molar-refractivity contribution is 5.95. The Balaban J connectivity index is 1.20. The van der Waals surface area contributed by atoms with E-state index in [2.05, 4.69) is 5.32 Å². The molecule has 1 amide bonds. The van der Waals surface area contributed by atoms with Gasteiger partial charge in [-0.25, -0.2) is 9.59 Å². The van der Waals surface area contributed by atoms with Gasteiger partial charge >= 0.3 is 11.9 Å². The molecule has 17 heteroatoms. The molecule has 0 radical (unpaired) electrons. The Kier molecular flexibility index (Phi) is 16.2. The van der Waals surface area contributed by atoms with E-state index in [4.69, 9.17) is 33.2 Å². The number of amides is 1. The number of esters is 1. The summed E-state index contributed by atoms with van der Waals surface area (Å²) >= 11 is 0. The van der Waals surface area contributed by atoms with E-state index in [1.54, 1.807) is 18.2 Å². The number of nitrogens with one attached hydrogen (secondary N) is 1. The molecule has 5 fully saturated rings. The largest absolute Gasteiger partial charge is 0.479 e. The maximum Gasteiger partial charge on any atom is 0.338 e. The van der Waals surface area contributed by atoms with Crippen LogP contribution in [0.3, 0.4) is 0 Å². The minimum Gasteiger partial charge on any atom is -0.479 e. The molecule has 3 heterocycles. The Morgan fingerprint density at radius 1 is 0.758 bits per heavy atom. The zero-order valence-corrected chi connectivity index (χ0v) is 35.2. The van der Waals surface area contributed by atoms with E-state index in [9.17, 15) is 45.0 Å². The summed E-state index contributed by atoms with van der Waals surface area (Å²) in [6, 6.07) is 12.4. The van der Waals surface area contributed by atoms with Crippen LogP contribution in [0.15, 0.2) is 42.5 Å². The number of aliphatic hydroxyl groups is 5. The topological polar surface area (TPSA) is 249 Å². The van der Waals surface area contributed by atoms with Crippen molar-refractivity contribution < 1.29 is 78.2 Å². The molecular formula is C45H63NO16. The number of benzene rings is 2. The molecule has 17 nitrogen and oxygen atoms in total. The monoisotopic (exact) mass is 873 g/mol.